The molecule has 20 heavy (non-hydrogen) atoms. The van der Waals surface area contributed by atoms with Gasteiger partial charge in [0.2, 0.25) is 0 Å². The second-order valence-corrected chi connectivity index (χ2v) is 5.19. The third kappa shape index (κ3) is 2.75. The average molecular weight is 280 g/mol. The highest BCUT2D eigenvalue weighted by Gasteiger charge is 2.06. The molecule has 1 N–H and O–H groups in total. The van der Waals surface area contributed by atoms with Gasteiger partial charge in [0.25, 0.3) is 5.91 Å². The third-order valence-electron chi connectivity index (χ3n) is 2.89. The van der Waals surface area contributed by atoms with Crippen LogP contribution in [0.3, 0.4) is 0 Å². The van der Waals surface area contributed by atoms with Crippen LogP contribution in [0.15, 0.2) is 66.3 Å². The van der Waals surface area contributed by atoms with E-state index >= 15 is 0 Å². The van der Waals surface area contributed by atoms with Gasteiger partial charge in [0.05, 0.1) is 0 Å². The molecule has 0 saturated heterocycles. The molecule has 0 aliphatic carbocycles. The van der Waals surface area contributed by atoms with Crippen LogP contribution in [-0.4, -0.2) is 10.9 Å². The van der Waals surface area contributed by atoms with Gasteiger partial charge in [0.15, 0.2) is 0 Å². The second-order valence-electron chi connectivity index (χ2n) is 4.24. The number of hydrogen-bond acceptors (Lipinski definition) is 3. The van der Waals surface area contributed by atoms with Crippen LogP contribution in [0.25, 0.3) is 10.4 Å². The molecule has 0 fully saturated rings. The minimum absolute atomic E-state index is 0.117. The monoisotopic (exact) mass is 280 g/mol. The normalized spacial score (nSPS) is 10.2. The van der Waals surface area contributed by atoms with Crippen LogP contribution in [0.4, 0.5) is 5.69 Å². The Hall–Kier alpha value is -2.46. The molecule has 98 valence electrons. The number of aromatic nitrogens is 1. The zero-order valence-electron chi connectivity index (χ0n) is 10.6. The summed E-state index contributed by atoms with van der Waals surface area (Å²) in [6, 6.07) is 15.2. The molecule has 1 aromatic carbocycles. The van der Waals surface area contributed by atoms with Crippen molar-refractivity contribution in [3.63, 3.8) is 0 Å². The summed E-state index contributed by atoms with van der Waals surface area (Å²) in [5, 5.41) is 4.88. The van der Waals surface area contributed by atoms with Gasteiger partial charge in [-0.15, -0.1) is 11.3 Å². The quantitative estimate of drug-likeness (QED) is 0.786. The van der Waals surface area contributed by atoms with E-state index in [2.05, 4.69) is 16.4 Å². The van der Waals surface area contributed by atoms with E-state index in [-0.39, 0.29) is 5.91 Å². The number of nitrogens with zero attached hydrogens (tertiary/aromatic N) is 1. The number of pyridine rings is 1. The lowest BCUT2D eigenvalue weighted by atomic mass is 10.1. The molecular formula is C16H12N2OS. The van der Waals surface area contributed by atoms with Crippen molar-refractivity contribution >= 4 is 22.9 Å². The fraction of sp³-hybridized carbons (Fsp3) is 0. The summed E-state index contributed by atoms with van der Waals surface area (Å²) < 4.78 is 0. The van der Waals surface area contributed by atoms with Gasteiger partial charge in [0, 0.05) is 28.5 Å². The fourth-order valence-corrected chi connectivity index (χ4v) is 2.60. The number of thiophene rings is 1. The van der Waals surface area contributed by atoms with E-state index in [1.165, 1.54) is 4.88 Å². The zero-order chi connectivity index (χ0) is 13.8. The number of carbonyl (C=O) groups excluding carboxylic acids is 1. The Balaban J connectivity index is 1.76. The van der Waals surface area contributed by atoms with E-state index in [9.17, 15) is 4.79 Å². The van der Waals surface area contributed by atoms with Crippen molar-refractivity contribution in [3.05, 3.63) is 71.9 Å². The van der Waals surface area contributed by atoms with E-state index in [4.69, 9.17) is 0 Å². The van der Waals surface area contributed by atoms with Crippen LogP contribution in [0, 0.1) is 0 Å². The van der Waals surface area contributed by atoms with Crippen molar-refractivity contribution < 1.29 is 4.79 Å². The van der Waals surface area contributed by atoms with Gasteiger partial charge in [-0.1, -0.05) is 18.2 Å². The van der Waals surface area contributed by atoms with Crippen molar-refractivity contribution in [2.75, 3.05) is 5.32 Å². The topological polar surface area (TPSA) is 42.0 Å². The summed E-state index contributed by atoms with van der Waals surface area (Å²) in [7, 11) is 0. The number of rotatable bonds is 3. The molecule has 0 aliphatic rings. The van der Waals surface area contributed by atoms with Crippen LogP contribution in [0.2, 0.25) is 0 Å². The van der Waals surface area contributed by atoms with Gasteiger partial charge < -0.3 is 5.32 Å². The van der Waals surface area contributed by atoms with Crippen LogP contribution in [-0.2, 0) is 0 Å². The molecule has 0 aliphatic heterocycles. The molecule has 3 nitrogen and oxygen atoms in total. The Morgan fingerprint density at radius 2 is 1.75 bits per heavy atom. The highest BCUT2D eigenvalue weighted by molar-refractivity contribution is 7.13. The summed E-state index contributed by atoms with van der Waals surface area (Å²) in [6.45, 7) is 0. The van der Waals surface area contributed by atoms with Gasteiger partial charge >= 0.3 is 0 Å². The number of amides is 1. The number of hydrogen-bond donors (Lipinski definition) is 1. The van der Waals surface area contributed by atoms with E-state index in [0.29, 0.717) is 5.56 Å². The lowest BCUT2D eigenvalue weighted by molar-refractivity contribution is 0.102. The standard InChI is InChI=1S/C16H12N2OS/c19-16(18-14-7-9-17-10-8-14)13-5-3-12(4-6-13)15-2-1-11-20-15/h1-11H,(H,17,18,19). The minimum Gasteiger partial charge on any atom is -0.322 e. The second kappa shape index (κ2) is 5.67. The number of benzene rings is 1. The summed E-state index contributed by atoms with van der Waals surface area (Å²) in [6.07, 6.45) is 3.30. The highest BCUT2D eigenvalue weighted by atomic mass is 32.1. The first-order valence-electron chi connectivity index (χ1n) is 6.18. The van der Waals surface area contributed by atoms with E-state index in [1.54, 1.807) is 35.9 Å². The van der Waals surface area contributed by atoms with Gasteiger partial charge in [-0.3, -0.25) is 9.78 Å². The highest BCUT2D eigenvalue weighted by Crippen LogP contribution is 2.24. The lowest BCUT2D eigenvalue weighted by Gasteiger charge is -2.05. The maximum absolute atomic E-state index is 12.1. The summed E-state index contributed by atoms with van der Waals surface area (Å²) in [5.41, 5.74) is 2.51. The van der Waals surface area contributed by atoms with Crippen LogP contribution < -0.4 is 5.32 Å². The fourth-order valence-electron chi connectivity index (χ4n) is 1.87. The predicted molar refractivity (Wildman–Crippen MR) is 81.9 cm³/mol. The van der Waals surface area contributed by atoms with E-state index in [1.807, 2.05) is 35.7 Å². The molecule has 0 bridgehead atoms. The lowest BCUT2D eigenvalue weighted by Crippen LogP contribution is -2.11. The van der Waals surface area contributed by atoms with Crippen LogP contribution >= 0.6 is 11.3 Å². The van der Waals surface area contributed by atoms with Gasteiger partial charge in [-0.05, 0) is 41.3 Å². The Morgan fingerprint density at radius 3 is 2.40 bits per heavy atom. The van der Waals surface area contributed by atoms with Gasteiger partial charge in [-0.2, -0.15) is 0 Å². The van der Waals surface area contributed by atoms with Crippen molar-refractivity contribution in [2.45, 2.75) is 0 Å². The van der Waals surface area contributed by atoms with Crippen molar-refractivity contribution in [2.24, 2.45) is 0 Å². The minimum atomic E-state index is -0.117. The average Bonchev–Trinajstić information content (AvgIpc) is 3.03. The maximum atomic E-state index is 12.1. The molecule has 0 atom stereocenters. The zero-order valence-corrected chi connectivity index (χ0v) is 11.4. The molecule has 0 radical (unpaired) electrons. The summed E-state index contributed by atoms with van der Waals surface area (Å²) >= 11 is 1.69. The molecule has 0 unspecified atom stereocenters. The SMILES string of the molecule is O=C(Nc1ccncc1)c1ccc(-c2cccs2)cc1. The first-order chi connectivity index (χ1) is 9.83. The van der Waals surface area contributed by atoms with Crippen LogP contribution in [0.5, 0.6) is 0 Å². The van der Waals surface area contributed by atoms with Crippen LogP contribution in [0.1, 0.15) is 10.4 Å². The molecule has 0 spiro atoms. The number of anilines is 1. The number of nitrogens with one attached hydrogen (secondary N) is 1. The first-order valence-corrected chi connectivity index (χ1v) is 7.06. The third-order valence-corrected chi connectivity index (χ3v) is 3.81. The molecule has 3 aromatic rings. The summed E-state index contributed by atoms with van der Waals surface area (Å²) in [5.74, 6) is -0.117. The van der Waals surface area contributed by atoms with Gasteiger partial charge in [-0.25, -0.2) is 0 Å². The molecule has 2 heterocycles. The Kier molecular flexibility index (Phi) is 3.56. The molecule has 4 heteroatoms. The predicted octanol–water partition coefficient (Wildman–Crippen LogP) is 4.06. The van der Waals surface area contributed by atoms with Crippen molar-refractivity contribution in [3.8, 4) is 10.4 Å². The smallest absolute Gasteiger partial charge is 0.255 e. The summed E-state index contributed by atoms with van der Waals surface area (Å²) in [4.78, 5) is 17.2. The van der Waals surface area contributed by atoms with Crippen molar-refractivity contribution in [1.82, 2.24) is 4.98 Å². The molecular weight excluding hydrogens is 268 g/mol. The Bertz CT molecular complexity index is 691. The number of carbonyl (C=O) groups is 1. The molecule has 1 amide bonds. The molecule has 3 rings (SSSR count). The van der Waals surface area contributed by atoms with E-state index in [0.717, 1.165) is 11.3 Å². The molecule has 2 aromatic heterocycles. The van der Waals surface area contributed by atoms with Crippen molar-refractivity contribution in [1.29, 1.82) is 0 Å². The largest absolute Gasteiger partial charge is 0.322 e. The Labute approximate surface area is 120 Å². The van der Waals surface area contributed by atoms with E-state index < -0.39 is 0 Å². The molecule has 0 saturated carbocycles. The Morgan fingerprint density at radius 1 is 1.00 bits per heavy atom. The maximum Gasteiger partial charge on any atom is 0.255 e. The first kappa shape index (κ1) is 12.6. The van der Waals surface area contributed by atoms with Gasteiger partial charge in [0.1, 0.15) is 0 Å².